The van der Waals surface area contributed by atoms with Crippen LogP contribution in [0.2, 0.25) is 0 Å². The molecule has 1 heterocycles. The Balaban J connectivity index is 2.32. The fraction of sp³-hybridized carbons (Fsp3) is 0.214. The lowest BCUT2D eigenvalue weighted by Crippen LogP contribution is -2.03. The van der Waals surface area contributed by atoms with Crippen molar-refractivity contribution in [2.75, 3.05) is 14.2 Å². The van der Waals surface area contributed by atoms with Gasteiger partial charge in [-0.15, -0.1) is 0 Å². The second-order valence-corrected chi connectivity index (χ2v) is 4.72. The molecule has 0 aliphatic heterocycles. The third-order valence-electron chi connectivity index (χ3n) is 2.67. The highest BCUT2D eigenvalue weighted by molar-refractivity contribution is 7.07. The van der Waals surface area contributed by atoms with E-state index in [1.54, 1.807) is 11.3 Å². The van der Waals surface area contributed by atoms with Crippen molar-refractivity contribution >= 4 is 17.3 Å². The van der Waals surface area contributed by atoms with Gasteiger partial charge >= 0.3 is 5.97 Å². The molecule has 1 aromatic heterocycles. The molecule has 0 aliphatic carbocycles. The molecule has 0 unspecified atom stereocenters. The molecule has 0 amide bonds. The van der Waals surface area contributed by atoms with Crippen molar-refractivity contribution in [2.45, 2.75) is 6.61 Å². The van der Waals surface area contributed by atoms with Gasteiger partial charge in [0, 0.05) is 0 Å². The van der Waals surface area contributed by atoms with Gasteiger partial charge in [-0.05, 0) is 34.5 Å². The smallest absolute Gasteiger partial charge is 0.335 e. The second kappa shape index (κ2) is 6.29. The number of hydrogen-bond acceptors (Lipinski definition) is 5. The SMILES string of the molecule is COc1cc(C(=O)O)cc(OC)c1OCc1ccsc1. The van der Waals surface area contributed by atoms with Crippen LogP contribution in [0, 0.1) is 0 Å². The quantitative estimate of drug-likeness (QED) is 0.887. The molecular weight excluding hydrogens is 280 g/mol. The molecule has 0 spiro atoms. The third-order valence-corrected chi connectivity index (χ3v) is 3.40. The van der Waals surface area contributed by atoms with Crippen molar-refractivity contribution in [3.05, 3.63) is 40.1 Å². The van der Waals surface area contributed by atoms with E-state index in [1.165, 1.54) is 26.4 Å². The molecule has 6 heteroatoms. The highest BCUT2D eigenvalue weighted by Gasteiger charge is 2.17. The van der Waals surface area contributed by atoms with Gasteiger partial charge in [0.25, 0.3) is 0 Å². The Morgan fingerprint density at radius 1 is 1.25 bits per heavy atom. The third kappa shape index (κ3) is 3.03. The lowest BCUT2D eigenvalue weighted by atomic mass is 10.2. The summed E-state index contributed by atoms with van der Waals surface area (Å²) in [6.07, 6.45) is 0. The maximum Gasteiger partial charge on any atom is 0.335 e. The number of carboxylic acid groups (broad SMARTS) is 1. The fourth-order valence-corrected chi connectivity index (χ4v) is 2.33. The first-order valence-corrected chi connectivity index (χ1v) is 6.73. The fourth-order valence-electron chi connectivity index (χ4n) is 1.68. The van der Waals surface area contributed by atoms with Crippen LogP contribution in [0.15, 0.2) is 29.0 Å². The number of carboxylic acids is 1. The average molecular weight is 294 g/mol. The van der Waals surface area contributed by atoms with E-state index in [4.69, 9.17) is 19.3 Å². The molecule has 2 aromatic rings. The molecular formula is C14H14O5S. The Hall–Kier alpha value is -2.21. The van der Waals surface area contributed by atoms with E-state index in [2.05, 4.69) is 0 Å². The van der Waals surface area contributed by atoms with Crippen LogP contribution >= 0.6 is 11.3 Å². The van der Waals surface area contributed by atoms with Gasteiger partial charge in [0.1, 0.15) is 6.61 Å². The summed E-state index contributed by atoms with van der Waals surface area (Å²) in [4.78, 5) is 11.0. The van der Waals surface area contributed by atoms with Crippen molar-refractivity contribution in [3.8, 4) is 17.2 Å². The van der Waals surface area contributed by atoms with Crippen molar-refractivity contribution in [1.82, 2.24) is 0 Å². The van der Waals surface area contributed by atoms with E-state index in [-0.39, 0.29) is 5.56 Å². The number of methoxy groups -OCH3 is 2. The molecule has 1 N–H and O–H groups in total. The lowest BCUT2D eigenvalue weighted by molar-refractivity contribution is 0.0696. The molecule has 106 valence electrons. The maximum absolute atomic E-state index is 11.0. The zero-order valence-electron chi connectivity index (χ0n) is 11.1. The van der Waals surface area contributed by atoms with Gasteiger partial charge in [-0.25, -0.2) is 4.79 Å². The monoisotopic (exact) mass is 294 g/mol. The number of hydrogen-bond donors (Lipinski definition) is 1. The number of benzene rings is 1. The second-order valence-electron chi connectivity index (χ2n) is 3.94. The summed E-state index contributed by atoms with van der Waals surface area (Å²) in [5.74, 6) is 0.00569. The van der Waals surface area contributed by atoms with Crippen LogP contribution < -0.4 is 14.2 Å². The van der Waals surface area contributed by atoms with E-state index < -0.39 is 5.97 Å². The lowest BCUT2D eigenvalue weighted by Gasteiger charge is -2.14. The van der Waals surface area contributed by atoms with Crippen LogP contribution in [-0.2, 0) is 6.61 Å². The Kier molecular flexibility index (Phi) is 4.47. The van der Waals surface area contributed by atoms with E-state index >= 15 is 0 Å². The largest absolute Gasteiger partial charge is 0.493 e. The minimum absolute atomic E-state index is 0.0848. The number of rotatable bonds is 6. The number of ether oxygens (including phenoxy) is 3. The zero-order chi connectivity index (χ0) is 14.5. The molecule has 0 aliphatic rings. The molecule has 1 aromatic carbocycles. The summed E-state index contributed by atoms with van der Waals surface area (Å²) < 4.78 is 16.1. The van der Waals surface area contributed by atoms with Crippen molar-refractivity contribution in [3.63, 3.8) is 0 Å². The van der Waals surface area contributed by atoms with Crippen LogP contribution in [-0.4, -0.2) is 25.3 Å². The summed E-state index contributed by atoms with van der Waals surface area (Å²) in [6.45, 7) is 0.364. The van der Waals surface area contributed by atoms with Crippen molar-refractivity contribution < 1.29 is 24.1 Å². The van der Waals surface area contributed by atoms with Gasteiger partial charge in [0.2, 0.25) is 5.75 Å². The molecule has 0 radical (unpaired) electrons. The summed E-state index contributed by atoms with van der Waals surface area (Å²) in [5.41, 5.74) is 1.11. The van der Waals surface area contributed by atoms with Crippen LogP contribution in [0.4, 0.5) is 0 Å². The molecule has 0 saturated heterocycles. The summed E-state index contributed by atoms with van der Waals surface area (Å²) >= 11 is 1.58. The first-order chi connectivity index (χ1) is 9.65. The van der Waals surface area contributed by atoms with Gasteiger partial charge in [0.05, 0.1) is 19.8 Å². The van der Waals surface area contributed by atoms with Crippen molar-refractivity contribution in [1.29, 1.82) is 0 Å². The van der Waals surface area contributed by atoms with Crippen LogP contribution in [0.5, 0.6) is 17.2 Å². The van der Waals surface area contributed by atoms with Crippen LogP contribution in [0.25, 0.3) is 0 Å². The normalized spacial score (nSPS) is 10.1. The standard InChI is InChI=1S/C14H14O5S/c1-17-11-5-10(14(15)16)6-12(18-2)13(11)19-7-9-3-4-20-8-9/h3-6,8H,7H2,1-2H3,(H,15,16). The summed E-state index contributed by atoms with van der Waals surface area (Å²) in [7, 11) is 2.91. The topological polar surface area (TPSA) is 65.0 Å². The molecule has 0 saturated carbocycles. The van der Waals surface area contributed by atoms with Crippen LogP contribution in [0.3, 0.4) is 0 Å². The first-order valence-electron chi connectivity index (χ1n) is 5.79. The molecule has 0 bridgehead atoms. The van der Waals surface area contributed by atoms with E-state index in [9.17, 15) is 4.79 Å². The minimum Gasteiger partial charge on any atom is -0.493 e. The maximum atomic E-state index is 11.0. The predicted octanol–water partition coefficient (Wildman–Crippen LogP) is 3.04. The first kappa shape index (κ1) is 14.2. The highest BCUT2D eigenvalue weighted by Crippen LogP contribution is 2.39. The Morgan fingerprint density at radius 2 is 1.90 bits per heavy atom. The Labute approximate surface area is 120 Å². The molecule has 5 nitrogen and oxygen atoms in total. The Bertz CT molecular complexity index is 567. The molecule has 0 fully saturated rings. The summed E-state index contributed by atoms with van der Waals surface area (Å²) in [6, 6.07) is 4.77. The minimum atomic E-state index is -1.05. The van der Waals surface area contributed by atoms with Gasteiger partial charge < -0.3 is 19.3 Å². The predicted molar refractivity (Wildman–Crippen MR) is 75.2 cm³/mol. The van der Waals surface area contributed by atoms with Gasteiger partial charge in [-0.3, -0.25) is 0 Å². The number of thiophene rings is 1. The van der Waals surface area contributed by atoms with Gasteiger partial charge in [-0.2, -0.15) is 11.3 Å². The average Bonchev–Trinajstić information content (AvgIpc) is 2.97. The number of carbonyl (C=O) groups is 1. The highest BCUT2D eigenvalue weighted by atomic mass is 32.1. The van der Waals surface area contributed by atoms with Gasteiger partial charge in [0.15, 0.2) is 11.5 Å². The van der Waals surface area contributed by atoms with E-state index in [0.29, 0.717) is 23.9 Å². The molecule has 2 rings (SSSR count). The molecule has 20 heavy (non-hydrogen) atoms. The summed E-state index contributed by atoms with van der Waals surface area (Å²) in [5, 5.41) is 13.0. The molecule has 0 atom stereocenters. The van der Waals surface area contributed by atoms with Crippen molar-refractivity contribution in [2.24, 2.45) is 0 Å². The van der Waals surface area contributed by atoms with E-state index in [1.807, 2.05) is 16.8 Å². The zero-order valence-corrected chi connectivity index (χ0v) is 11.9. The Morgan fingerprint density at radius 3 is 2.35 bits per heavy atom. The van der Waals surface area contributed by atoms with Gasteiger partial charge in [-0.1, -0.05) is 0 Å². The van der Waals surface area contributed by atoms with Crippen LogP contribution in [0.1, 0.15) is 15.9 Å². The van der Waals surface area contributed by atoms with E-state index in [0.717, 1.165) is 5.56 Å². The number of aromatic carboxylic acids is 1.